The molecular formula is C9H15NO3. The molecule has 0 bridgehead atoms. The van der Waals surface area contributed by atoms with Crippen LogP contribution in [0, 0.1) is 0 Å². The summed E-state index contributed by atoms with van der Waals surface area (Å²) in [5, 5.41) is 0. The van der Waals surface area contributed by atoms with Crippen LogP contribution in [0.2, 0.25) is 0 Å². The largest absolute Gasteiger partial charge is 0.462 e. The van der Waals surface area contributed by atoms with Gasteiger partial charge in [-0.1, -0.05) is 6.58 Å². The minimum absolute atomic E-state index is 0.0606. The maximum Gasteiger partial charge on any atom is 0.333 e. The van der Waals surface area contributed by atoms with E-state index in [1.165, 1.54) is 4.90 Å². The van der Waals surface area contributed by atoms with E-state index < -0.39 is 5.97 Å². The fraction of sp³-hybridized carbons (Fsp3) is 0.556. The third kappa shape index (κ3) is 5.00. The van der Waals surface area contributed by atoms with Crippen LogP contribution in [0.1, 0.15) is 13.3 Å². The van der Waals surface area contributed by atoms with Crippen LogP contribution in [-0.2, 0) is 14.3 Å². The molecule has 0 saturated carbocycles. The average molecular weight is 185 g/mol. The molecule has 0 N–H and O–H groups in total. The number of carbonyl (C=O) groups is 2. The summed E-state index contributed by atoms with van der Waals surface area (Å²) >= 11 is 0. The Morgan fingerprint density at radius 1 is 1.38 bits per heavy atom. The van der Waals surface area contributed by atoms with Gasteiger partial charge in [-0.3, -0.25) is 4.79 Å². The van der Waals surface area contributed by atoms with Crippen molar-refractivity contribution in [3.05, 3.63) is 12.2 Å². The predicted octanol–water partition coefficient (Wildman–Crippen LogP) is 0.584. The highest BCUT2D eigenvalue weighted by Crippen LogP contribution is 1.94. The molecule has 0 aromatic heterocycles. The van der Waals surface area contributed by atoms with Crippen LogP contribution in [-0.4, -0.2) is 37.5 Å². The lowest BCUT2D eigenvalue weighted by molar-refractivity contribution is -0.140. The van der Waals surface area contributed by atoms with Crippen molar-refractivity contribution >= 4 is 11.9 Å². The minimum Gasteiger partial charge on any atom is -0.462 e. The Balaban J connectivity index is 3.63. The molecule has 0 aliphatic carbocycles. The van der Waals surface area contributed by atoms with Gasteiger partial charge in [-0.05, 0) is 6.92 Å². The Hall–Kier alpha value is -1.32. The first-order valence-corrected chi connectivity index (χ1v) is 3.98. The average Bonchev–Trinajstić information content (AvgIpc) is 2.03. The van der Waals surface area contributed by atoms with Crippen LogP contribution in [0.3, 0.4) is 0 Å². The molecule has 4 nitrogen and oxygen atoms in total. The molecule has 0 heterocycles. The van der Waals surface area contributed by atoms with Crippen LogP contribution >= 0.6 is 0 Å². The van der Waals surface area contributed by atoms with Gasteiger partial charge in [-0.25, -0.2) is 4.79 Å². The van der Waals surface area contributed by atoms with Gasteiger partial charge >= 0.3 is 5.97 Å². The van der Waals surface area contributed by atoms with E-state index in [9.17, 15) is 9.59 Å². The first-order valence-electron chi connectivity index (χ1n) is 3.98. The quantitative estimate of drug-likeness (QED) is 0.475. The number of hydrogen-bond donors (Lipinski definition) is 0. The van der Waals surface area contributed by atoms with Gasteiger partial charge in [0.1, 0.15) is 6.61 Å². The van der Waals surface area contributed by atoms with E-state index >= 15 is 0 Å². The SMILES string of the molecule is C=C(C)C(=O)OCCC(=O)N(C)C. The van der Waals surface area contributed by atoms with Gasteiger partial charge < -0.3 is 9.64 Å². The number of nitrogens with zero attached hydrogens (tertiary/aromatic N) is 1. The lowest BCUT2D eigenvalue weighted by Gasteiger charge is -2.09. The zero-order chi connectivity index (χ0) is 10.4. The summed E-state index contributed by atoms with van der Waals surface area (Å²) in [6.07, 6.45) is 0.214. The van der Waals surface area contributed by atoms with E-state index in [1.807, 2.05) is 0 Å². The van der Waals surface area contributed by atoms with Gasteiger partial charge in [0.15, 0.2) is 0 Å². The second-order valence-electron chi connectivity index (χ2n) is 2.95. The number of amides is 1. The Labute approximate surface area is 78.2 Å². The Morgan fingerprint density at radius 2 is 1.92 bits per heavy atom. The molecule has 0 aliphatic rings. The van der Waals surface area contributed by atoms with E-state index in [1.54, 1.807) is 21.0 Å². The highest BCUT2D eigenvalue weighted by molar-refractivity contribution is 5.87. The first kappa shape index (κ1) is 11.7. The van der Waals surface area contributed by atoms with Crippen LogP contribution < -0.4 is 0 Å². The Kier molecular flexibility index (Phi) is 4.80. The lowest BCUT2D eigenvalue weighted by atomic mass is 10.3. The normalized spacial score (nSPS) is 9.15. The maximum absolute atomic E-state index is 11.0. The number of rotatable bonds is 4. The van der Waals surface area contributed by atoms with Crippen molar-refractivity contribution in [2.75, 3.05) is 20.7 Å². The van der Waals surface area contributed by atoms with Crippen molar-refractivity contribution in [1.29, 1.82) is 0 Å². The fourth-order valence-corrected chi connectivity index (χ4v) is 0.578. The standard InChI is InChI=1S/C9H15NO3/c1-7(2)9(12)13-6-5-8(11)10(3)4/h1,5-6H2,2-4H3. The van der Waals surface area contributed by atoms with E-state index in [-0.39, 0.29) is 18.9 Å². The van der Waals surface area contributed by atoms with Gasteiger partial charge in [0.05, 0.1) is 6.42 Å². The van der Waals surface area contributed by atoms with Crippen LogP contribution in [0.25, 0.3) is 0 Å². The molecule has 13 heavy (non-hydrogen) atoms. The molecule has 0 radical (unpaired) electrons. The van der Waals surface area contributed by atoms with Crippen LogP contribution in [0.5, 0.6) is 0 Å². The monoisotopic (exact) mass is 185 g/mol. The first-order chi connectivity index (χ1) is 5.95. The van der Waals surface area contributed by atoms with Crippen molar-refractivity contribution in [3.8, 4) is 0 Å². The molecule has 0 saturated heterocycles. The number of hydrogen-bond acceptors (Lipinski definition) is 3. The summed E-state index contributed by atoms with van der Waals surface area (Å²) in [5.74, 6) is -0.513. The summed E-state index contributed by atoms with van der Waals surface area (Å²) in [7, 11) is 3.31. The van der Waals surface area contributed by atoms with Gasteiger partial charge in [-0.15, -0.1) is 0 Å². The second kappa shape index (κ2) is 5.35. The van der Waals surface area contributed by atoms with Crippen molar-refractivity contribution in [2.24, 2.45) is 0 Å². The fourth-order valence-electron chi connectivity index (χ4n) is 0.578. The molecule has 0 rings (SSSR count). The van der Waals surface area contributed by atoms with Crippen molar-refractivity contribution < 1.29 is 14.3 Å². The predicted molar refractivity (Wildman–Crippen MR) is 49.1 cm³/mol. The Morgan fingerprint density at radius 3 is 2.31 bits per heavy atom. The smallest absolute Gasteiger partial charge is 0.333 e. The van der Waals surface area contributed by atoms with E-state index in [0.717, 1.165) is 0 Å². The summed E-state index contributed by atoms with van der Waals surface area (Å²) in [4.78, 5) is 23.3. The molecule has 0 aliphatic heterocycles. The van der Waals surface area contributed by atoms with Crippen LogP contribution in [0.15, 0.2) is 12.2 Å². The van der Waals surface area contributed by atoms with Gasteiger partial charge in [0, 0.05) is 19.7 Å². The van der Waals surface area contributed by atoms with Crippen molar-refractivity contribution in [2.45, 2.75) is 13.3 Å². The lowest BCUT2D eigenvalue weighted by Crippen LogP contribution is -2.23. The number of carbonyl (C=O) groups excluding carboxylic acids is 2. The second-order valence-corrected chi connectivity index (χ2v) is 2.95. The van der Waals surface area contributed by atoms with Gasteiger partial charge in [0.25, 0.3) is 0 Å². The van der Waals surface area contributed by atoms with Crippen molar-refractivity contribution in [1.82, 2.24) is 4.90 Å². The summed E-state index contributed by atoms with van der Waals surface area (Å²) < 4.78 is 4.74. The minimum atomic E-state index is -0.452. The number of ether oxygens (including phenoxy) is 1. The molecule has 0 aromatic carbocycles. The van der Waals surface area contributed by atoms with E-state index in [2.05, 4.69) is 6.58 Å². The molecule has 1 amide bonds. The van der Waals surface area contributed by atoms with Gasteiger partial charge in [-0.2, -0.15) is 0 Å². The van der Waals surface area contributed by atoms with E-state index in [4.69, 9.17) is 4.74 Å². The molecule has 0 spiro atoms. The Bertz CT molecular complexity index is 221. The molecule has 74 valence electrons. The molecule has 0 fully saturated rings. The molecule has 0 aromatic rings. The topological polar surface area (TPSA) is 46.6 Å². The summed E-state index contributed by atoms with van der Waals surface area (Å²) in [6.45, 7) is 5.10. The zero-order valence-electron chi connectivity index (χ0n) is 8.29. The number of esters is 1. The highest BCUT2D eigenvalue weighted by Gasteiger charge is 2.06. The molecule has 0 unspecified atom stereocenters. The zero-order valence-corrected chi connectivity index (χ0v) is 8.29. The summed E-state index contributed by atoms with van der Waals surface area (Å²) in [5.41, 5.74) is 0.345. The summed E-state index contributed by atoms with van der Waals surface area (Å²) in [6, 6.07) is 0. The molecule has 4 heteroatoms. The maximum atomic E-state index is 11.0. The third-order valence-corrected chi connectivity index (χ3v) is 1.40. The molecule has 0 atom stereocenters. The third-order valence-electron chi connectivity index (χ3n) is 1.40. The van der Waals surface area contributed by atoms with Crippen LogP contribution in [0.4, 0.5) is 0 Å². The van der Waals surface area contributed by atoms with Gasteiger partial charge in [0.2, 0.25) is 5.91 Å². The highest BCUT2D eigenvalue weighted by atomic mass is 16.5. The molecular weight excluding hydrogens is 170 g/mol. The van der Waals surface area contributed by atoms with Crippen molar-refractivity contribution in [3.63, 3.8) is 0 Å². The van der Waals surface area contributed by atoms with E-state index in [0.29, 0.717) is 5.57 Å².